The second-order valence-corrected chi connectivity index (χ2v) is 5.31. The summed E-state index contributed by atoms with van der Waals surface area (Å²) >= 11 is 0. The summed E-state index contributed by atoms with van der Waals surface area (Å²) in [5.41, 5.74) is 0.196. The predicted molar refractivity (Wildman–Crippen MR) is 81.2 cm³/mol. The van der Waals surface area contributed by atoms with Crippen LogP contribution in [-0.4, -0.2) is 38.7 Å². The molecule has 0 amide bonds. The molecule has 116 valence electrons. The Kier molecular flexibility index (Phi) is 4.64. The summed E-state index contributed by atoms with van der Waals surface area (Å²) in [6, 6.07) is 3.51. The van der Waals surface area contributed by atoms with E-state index in [1.54, 1.807) is 26.4 Å². The van der Waals surface area contributed by atoms with Gasteiger partial charge in [-0.15, -0.1) is 12.4 Å². The summed E-state index contributed by atoms with van der Waals surface area (Å²) in [7, 11) is 3.14. The smallest absolute Gasteiger partial charge is 0.204 e. The Morgan fingerprint density at radius 3 is 2.52 bits per heavy atom. The predicted octanol–water partition coefficient (Wildman–Crippen LogP) is 2.21. The number of ether oxygens (including phenoxy) is 3. The first kappa shape index (κ1) is 15.9. The molecule has 0 unspecified atom stereocenters. The van der Waals surface area contributed by atoms with E-state index < -0.39 is 5.60 Å². The average Bonchev–Trinajstić information content (AvgIpc) is 2.46. The Morgan fingerprint density at radius 2 is 1.90 bits per heavy atom. The number of carbonyl (C=O) groups is 1. The zero-order valence-electron chi connectivity index (χ0n) is 12.2. The van der Waals surface area contributed by atoms with Crippen LogP contribution in [0.5, 0.6) is 17.2 Å². The number of methoxy groups -OCH3 is 2. The van der Waals surface area contributed by atoms with E-state index >= 15 is 0 Å². The van der Waals surface area contributed by atoms with Crippen LogP contribution in [0.3, 0.4) is 0 Å². The molecule has 1 spiro atoms. The monoisotopic (exact) mass is 313 g/mol. The molecule has 1 saturated heterocycles. The molecular weight excluding hydrogens is 294 g/mol. The fraction of sp³-hybridized carbons (Fsp3) is 0.533. The summed E-state index contributed by atoms with van der Waals surface area (Å²) in [5.74, 6) is 1.75. The Balaban J connectivity index is 0.00000161. The molecule has 5 nitrogen and oxygen atoms in total. The quantitative estimate of drug-likeness (QED) is 0.907. The van der Waals surface area contributed by atoms with Gasteiger partial charge >= 0.3 is 0 Å². The Bertz CT molecular complexity index is 541. The number of halogens is 1. The number of ketones is 1. The third kappa shape index (κ3) is 2.68. The van der Waals surface area contributed by atoms with Crippen molar-refractivity contribution in [2.75, 3.05) is 27.3 Å². The van der Waals surface area contributed by atoms with Crippen molar-refractivity contribution in [3.63, 3.8) is 0 Å². The Labute approximate surface area is 130 Å². The summed E-state index contributed by atoms with van der Waals surface area (Å²) in [5, 5.41) is 3.30. The van der Waals surface area contributed by atoms with Crippen LogP contribution in [0.25, 0.3) is 0 Å². The maximum Gasteiger partial charge on any atom is 0.204 e. The zero-order chi connectivity index (χ0) is 14.2. The molecule has 3 rings (SSSR count). The lowest BCUT2D eigenvalue weighted by Crippen LogP contribution is -2.49. The minimum atomic E-state index is -0.394. The molecule has 6 heteroatoms. The van der Waals surface area contributed by atoms with Gasteiger partial charge in [0.05, 0.1) is 26.2 Å². The molecule has 1 aromatic rings. The standard InChI is InChI=1S/C15H19NO4.ClH/c1-18-12-4-3-10-11(17)9-15(5-7-16-8-6-15)20-13(10)14(12)19-2;/h3-4,16H,5-9H2,1-2H3;1H. The number of hydrogen-bond acceptors (Lipinski definition) is 5. The summed E-state index contributed by atoms with van der Waals surface area (Å²) in [6.07, 6.45) is 2.11. The first-order valence-electron chi connectivity index (χ1n) is 6.87. The van der Waals surface area contributed by atoms with Gasteiger partial charge in [-0.3, -0.25) is 4.79 Å². The summed E-state index contributed by atoms with van der Waals surface area (Å²) < 4.78 is 16.9. The van der Waals surface area contributed by atoms with Gasteiger partial charge in [-0.2, -0.15) is 0 Å². The lowest BCUT2D eigenvalue weighted by atomic mass is 9.83. The van der Waals surface area contributed by atoms with Crippen LogP contribution in [0.4, 0.5) is 0 Å². The van der Waals surface area contributed by atoms with Gasteiger partial charge in [0, 0.05) is 12.8 Å². The number of rotatable bonds is 2. The van der Waals surface area contributed by atoms with E-state index in [0.29, 0.717) is 29.2 Å². The molecule has 1 fully saturated rings. The zero-order valence-corrected chi connectivity index (χ0v) is 13.0. The molecule has 0 radical (unpaired) electrons. The molecule has 0 saturated carbocycles. The van der Waals surface area contributed by atoms with Crippen LogP contribution >= 0.6 is 12.4 Å². The molecule has 0 atom stereocenters. The van der Waals surface area contributed by atoms with Crippen LogP contribution in [0.2, 0.25) is 0 Å². The molecule has 0 bridgehead atoms. The van der Waals surface area contributed by atoms with Crippen molar-refractivity contribution >= 4 is 18.2 Å². The molecule has 0 aliphatic carbocycles. The lowest BCUT2D eigenvalue weighted by molar-refractivity contribution is 0.0164. The summed E-state index contributed by atoms with van der Waals surface area (Å²) in [6.45, 7) is 1.74. The van der Waals surface area contributed by atoms with Gasteiger partial charge in [0.25, 0.3) is 0 Å². The van der Waals surface area contributed by atoms with Crippen molar-refractivity contribution in [2.45, 2.75) is 24.9 Å². The van der Waals surface area contributed by atoms with Crippen LogP contribution < -0.4 is 19.5 Å². The third-order valence-corrected chi connectivity index (χ3v) is 4.12. The molecule has 1 N–H and O–H groups in total. The Morgan fingerprint density at radius 1 is 1.19 bits per heavy atom. The van der Waals surface area contributed by atoms with Gasteiger partial charge in [0.1, 0.15) is 5.60 Å². The van der Waals surface area contributed by atoms with Crippen molar-refractivity contribution in [3.05, 3.63) is 17.7 Å². The van der Waals surface area contributed by atoms with Crippen LogP contribution in [-0.2, 0) is 0 Å². The fourth-order valence-electron chi connectivity index (χ4n) is 3.02. The van der Waals surface area contributed by atoms with Crippen molar-refractivity contribution < 1.29 is 19.0 Å². The highest BCUT2D eigenvalue weighted by molar-refractivity contribution is 6.01. The van der Waals surface area contributed by atoms with E-state index in [4.69, 9.17) is 14.2 Å². The molecule has 2 aliphatic heterocycles. The van der Waals surface area contributed by atoms with Gasteiger partial charge in [-0.05, 0) is 25.2 Å². The maximum atomic E-state index is 12.4. The molecule has 0 aromatic heterocycles. The minimum Gasteiger partial charge on any atom is -0.493 e. The first-order valence-corrected chi connectivity index (χ1v) is 6.87. The maximum absolute atomic E-state index is 12.4. The molecule has 1 aromatic carbocycles. The van der Waals surface area contributed by atoms with Gasteiger partial charge in [-0.25, -0.2) is 0 Å². The van der Waals surface area contributed by atoms with E-state index in [1.165, 1.54) is 0 Å². The topological polar surface area (TPSA) is 56.8 Å². The van der Waals surface area contributed by atoms with E-state index in [2.05, 4.69) is 5.32 Å². The second kappa shape index (κ2) is 6.12. The highest BCUT2D eigenvalue weighted by Crippen LogP contribution is 2.47. The number of hydrogen-bond donors (Lipinski definition) is 1. The van der Waals surface area contributed by atoms with Crippen LogP contribution in [0.1, 0.15) is 29.6 Å². The number of Topliss-reactive ketones (excluding diaryl/α,β-unsaturated/α-hetero) is 1. The van der Waals surface area contributed by atoms with Crippen LogP contribution in [0, 0.1) is 0 Å². The number of piperidine rings is 1. The minimum absolute atomic E-state index is 0. The van der Waals surface area contributed by atoms with Crippen molar-refractivity contribution in [1.82, 2.24) is 5.32 Å². The number of nitrogens with one attached hydrogen (secondary N) is 1. The highest BCUT2D eigenvalue weighted by atomic mass is 35.5. The van der Waals surface area contributed by atoms with Gasteiger partial charge in [0.2, 0.25) is 5.75 Å². The largest absolute Gasteiger partial charge is 0.493 e. The second-order valence-electron chi connectivity index (χ2n) is 5.31. The van der Waals surface area contributed by atoms with Gasteiger partial charge < -0.3 is 19.5 Å². The van der Waals surface area contributed by atoms with Crippen molar-refractivity contribution in [2.24, 2.45) is 0 Å². The normalized spacial score (nSPS) is 19.2. The van der Waals surface area contributed by atoms with E-state index in [1.807, 2.05) is 0 Å². The fourth-order valence-corrected chi connectivity index (χ4v) is 3.02. The van der Waals surface area contributed by atoms with E-state index in [9.17, 15) is 4.79 Å². The molecular formula is C15H20ClNO4. The van der Waals surface area contributed by atoms with E-state index in [0.717, 1.165) is 25.9 Å². The number of benzene rings is 1. The van der Waals surface area contributed by atoms with Crippen molar-refractivity contribution in [3.8, 4) is 17.2 Å². The van der Waals surface area contributed by atoms with Gasteiger partial charge in [-0.1, -0.05) is 0 Å². The SMILES string of the molecule is COc1ccc2c(c1OC)OC1(CCNCC1)CC2=O.Cl. The molecule has 2 heterocycles. The molecule has 21 heavy (non-hydrogen) atoms. The average molecular weight is 314 g/mol. The van der Waals surface area contributed by atoms with E-state index in [-0.39, 0.29) is 18.2 Å². The van der Waals surface area contributed by atoms with Crippen LogP contribution in [0.15, 0.2) is 12.1 Å². The van der Waals surface area contributed by atoms with Crippen molar-refractivity contribution in [1.29, 1.82) is 0 Å². The Hall–Kier alpha value is -1.46. The number of carbonyl (C=O) groups excluding carboxylic acids is 1. The van der Waals surface area contributed by atoms with Gasteiger partial charge in [0.15, 0.2) is 17.3 Å². The lowest BCUT2D eigenvalue weighted by Gasteiger charge is -2.41. The molecule has 2 aliphatic rings. The highest BCUT2D eigenvalue weighted by Gasteiger charge is 2.43. The summed E-state index contributed by atoms with van der Waals surface area (Å²) in [4.78, 5) is 12.4. The first-order chi connectivity index (χ1) is 9.69. The third-order valence-electron chi connectivity index (χ3n) is 4.12. The number of fused-ring (bicyclic) bond motifs is 1.